The SMILES string of the molecule is CCNCc1sc(S(=O)(=O)N(C)Cc2cscn2)cc1C. The number of aryl methyl sites for hydroxylation is 1. The van der Waals surface area contributed by atoms with Crippen LogP contribution in [0.4, 0.5) is 0 Å². The summed E-state index contributed by atoms with van der Waals surface area (Å²) < 4.78 is 26.9. The van der Waals surface area contributed by atoms with Crippen molar-refractivity contribution >= 4 is 32.7 Å². The van der Waals surface area contributed by atoms with Crippen molar-refractivity contribution in [2.24, 2.45) is 0 Å². The molecule has 0 spiro atoms. The van der Waals surface area contributed by atoms with E-state index in [9.17, 15) is 8.42 Å². The summed E-state index contributed by atoms with van der Waals surface area (Å²) in [7, 11) is -1.86. The van der Waals surface area contributed by atoms with Gasteiger partial charge in [0.05, 0.1) is 17.7 Å². The summed E-state index contributed by atoms with van der Waals surface area (Å²) in [6.45, 7) is 5.84. The van der Waals surface area contributed by atoms with Gasteiger partial charge in [-0.3, -0.25) is 0 Å². The van der Waals surface area contributed by atoms with Gasteiger partial charge in [0.2, 0.25) is 0 Å². The second-order valence-corrected chi connectivity index (χ2v) is 8.82. The minimum absolute atomic E-state index is 0.297. The fraction of sp³-hybridized carbons (Fsp3) is 0.462. The zero-order valence-corrected chi connectivity index (χ0v) is 14.7. The molecule has 0 aromatic carbocycles. The van der Waals surface area contributed by atoms with Gasteiger partial charge < -0.3 is 5.32 Å². The normalized spacial score (nSPS) is 12.2. The first-order valence-corrected chi connectivity index (χ1v) is 9.78. The lowest BCUT2D eigenvalue weighted by Gasteiger charge is -2.14. The van der Waals surface area contributed by atoms with Crippen LogP contribution in [0, 0.1) is 6.92 Å². The molecule has 2 aromatic heterocycles. The Bertz CT molecular complexity index is 678. The third kappa shape index (κ3) is 3.89. The monoisotopic (exact) mass is 345 g/mol. The van der Waals surface area contributed by atoms with Gasteiger partial charge in [0, 0.05) is 23.8 Å². The Kier molecular flexibility index (Phi) is 5.50. The summed E-state index contributed by atoms with van der Waals surface area (Å²) in [5.41, 5.74) is 3.49. The maximum atomic E-state index is 12.6. The van der Waals surface area contributed by atoms with Crippen molar-refractivity contribution < 1.29 is 8.42 Å². The molecule has 0 amide bonds. The van der Waals surface area contributed by atoms with Crippen molar-refractivity contribution in [3.8, 4) is 0 Å². The molecule has 21 heavy (non-hydrogen) atoms. The molecule has 0 saturated heterocycles. The number of nitrogens with one attached hydrogen (secondary N) is 1. The van der Waals surface area contributed by atoms with Crippen LogP contribution in [0.15, 0.2) is 21.2 Å². The molecule has 0 fully saturated rings. The van der Waals surface area contributed by atoms with E-state index in [0.717, 1.165) is 22.7 Å². The maximum Gasteiger partial charge on any atom is 0.252 e. The number of nitrogens with zero attached hydrogens (tertiary/aromatic N) is 2. The van der Waals surface area contributed by atoms with E-state index in [0.29, 0.717) is 17.3 Å². The van der Waals surface area contributed by atoms with Gasteiger partial charge >= 0.3 is 0 Å². The molecular formula is C13H19N3O2S3. The van der Waals surface area contributed by atoms with Crippen LogP contribution in [0.3, 0.4) is 0 Å². The van der Waals surface area contributed by atoms with Crippen LogP contribution in [0.2, 0.25) is 0 Å². The molecule has 5 nitrogen and oxygen atoms in total. The minimum Gasteiger partial charge on any atom is -0.312 e. The number of thiophene rings is 1. The van der Waals surface area contributed by atoms with Gasteiger partial charge in [-0.15, -0.1) is 22.7 Å². The van der Waals surface area contributed by atoms with Crippen LogP contribution in [0.25, 0.3) is 0 Å². The van der Waals surface area contributed by atoms with Crippen LogP contribution < -0.4 is 5.32 Å². The smallest absolute Gasteiger partial charge is 0.252 e. The molecule has 0 unspecified atom stereocenters. The van der Waals surface area contributed by atoms with E-state index >= 15 is 0 Å². The lowest BCUT2D eigenvalue weighted by molar-refractivity contribution is 0.464. The lowest BCUT2D eigenvalue weighted by atomic mass is 10.3. The number of hydrogen-bond donors (Lipinski definition) is 1. The third-order valence-electron chi connectivity index (χ3n) is 3.07. The third-order valence-corrected chi connectivity index (χ3v) is 7.19. The quantitative estimate of drug-likeness (QED) is 0.837. The Balaban J connectivity index is 2.18. The highest BCUT2D eigenvalue weighted by atomic mass is 32.2. The Morgan fingerprint density at radius 1 is 1.43 bits per heavy atom. The van der Waals surface area contributed by atoms with Crippen LogP contribution in [-0.4, -0.2) is 31.3 Å². The van der Waals surface area contributed by atoms with Crippen molar-refractivity contribution in [2.75, 3.05) is 13.6 Å². The summed E-state index contributed by atoms with van der Waals surface area (Å²) in [6, 6.07) is 1.75. The van der Waals surface area contributed by atoms with Crippen molar-refractivity contribution in [2.45, 2.75) is 31.1 Å². The predicted molar refractivity (Wildman–Crippen MR) is 87.2 cm³/mol. The van der Waals surface area contributed by atoms with Gasteiger partial charge in [-0.2, -0.15) is 4.31 Å². The highest BCUT2D eigenvalue weighted by Crippen LogP contribution is 2.28. The molecule has 116 valence electrons. The first kappa shape index (κ1) is 16.6. The zero-order valence-electron chi connectivity index (χ0n) is 12.3. The predicted octanol–water partition coefficient (Wildman–Crippen LogP) is 2.44. The zero-order chi connectivity index (χ0) is 15.5. The molecule has 0 aliphatic rings. The molecular weight excluding hydrogens is 326 g/mol. The summed E-state index contributed by atoms with van der Waals surface area (Å²) in [6.07, 6.45) is 0. The fourth-order valence-electron chi connectivity index (χ4n) is 1.81. The highest BCUT2D eigenvalue weighted by molar-refractivity contribution is 7.91. The van der Waals surface area contributed by atoms with Crippen molar-refractivity contribution in [1.29, 1.82) is 0 Å². The fourth-order valence-corrected chi connectivity index (χ4v) is 5.27. The van der Waals surface area contributed by atoms with Crippen LogP contribution in [-0.2, 0) is 23.1 Å². The van der Waals surface area contributed by atoms with E-state index < -0.39 is 10.0 Å². The Labute approximate surface area is 133 Å². The molecule has 0 aliphatic carbocycles. The Hall–Kier alpha value is -0.800. The molecule has 0 saturated carbocycles. The van der Waals surface area contributed by atoms with E-state index in [-0.39, 0.29) is 0 Å². The van der Waals surface area contributed by atoms with Gasteiger partial charge in [0.15, 0.2) is 0 Å². The molecule has 1 N–H and O–H groups in total. The first-order chi connectivity index (χ1) is 9.95. The largest absolute Gasteiger partial charge is 0.312 e. The van der Waals surface area contributed by atoms with Gasteiger partial charge in [0.25, 0.3) is 10.0 Å². The van der Waals surface area contributed by atoms with Crippen LogP contribution in [0.5, 0.6) is 0 Å². The molecule has 8 heteroatoms. The molecule has 0 radical (unpaired) electrons. The number of sulfonamides is 1. The Morgan fingerprint density at radius 3 is 2.81 bits per heavy atom. The molecule has 0 bridgehead atoms. The second-order valence-electron chi connectivity index (χ2n) is 4.69. The number of thiazole rings is 1. The number of hydrogen-bond acceptors (Lipinski definition) is 6. The maximum absolute atomic E-state index is 12.6. The summed E-state index contributed by atoms with van der Waals surface area (Å²) in [5, 5.41) is 5.09. The minimum atomic E-state index is -3.45. The van der Waals surface area contributed by atoms with Crippen molar-refractivity contribution in [3.63, 3.8) is 0 Å². The van der Waals surface area contributed by atoms with Crippen molar-refractivity contribution in [3.05, 3.63) is 33.1 Å². The van der Waals surface area contributed by atoms with Crippen LogP contribution in [0.1, 0.15) is 23.1 Å². The van der Waals surface area contributed by atoms with E-state index in [4.69, 9.17) is 0 Å². The van der Waals surface area contributed by atoms with Gasteiger partial charge in [0.1, 0.15) is 4.21 Å². The number of rotatable bonds is 7. The van der Waals surface area contributed by atoms with Gasteiger partial charge in [-0.25, -0.2) is 13.4 Å². The lowest BCUT2D eigenvalue weighted by Crippen LogP contribution is -2.25. The van der Waals surface area contributed by atoms with E-state index in [1.54, 1.807) is 18.6 Å². The second kappa shape index (κ2) is 6.97. The molecule has 2 aromatic rings. The van der Waals surface area contributed by atoms with Gasteiger partial charge in [-0.05, 0) is 25.1 Å². The average Bonchev–Trinajstić information content (AvgIpc) is 3.06. The van der Waals surface area contributed by atoms with E-state index in [1.165, 1.54) is 27.0 Å². The molecule has 0 atom stereocenters. The highest BCUT2D eigenvalue weighted by Gasteiger charge is 2.24. The summed E-state index contributed by atoms with van der Waals surface area (Å²) in [5.74, 6) is 0. The topological polar surface area (TPSA) is 62.3 Å². The summed E-state index contributed by atoms with van der Waals surface area (Å²) >= 11 is 2.80. The van der Waals surface area contributed by atoms with Crippen molar-refractivity contribution in [1.82, 2.24) is 14.6 Å². The molecule has 2 heterocycles. The molecule has 2 rings (SSSR count). The summed E-state index contributed by atoms with van der Waals surface area (Å²) in [4.78, 5) is 5.20. The van der Waals surface area contributed by atoms with Crippen LogP contribution >= 0.6 is 22.7 Å². The standard InChI is InChI=1S/C13H19N3O2S3/c1-4-14-6-12-10(2)5-13(20-12)21(17,18)16(3)7-11-8-19-9-15-11/h5,8-9,14H,4,6-7H2,1-3H3. The number of aromatic nitrogens is 1. The van der Waals surface area contributed by atoms with E-state index in [2.05, 4.69) is 10.3 Å². The van der Waals surface area contributed by atoms with E-state index in [1.807, 2.05) is 19.2 Å². The first-order valence-electron chi connectivity index (χ1n) is 6.58. The Morgan fingerprint density at radius 2 is 2.19 bits per heavy atom. The average molecular weight is 346 g/mol. The molecule has 0 aliphatic heterocycles. The van der Waals surface area contributed by atoms with Gasteiger partial charge in [-0.1, -0.05) is 6.92 Å².